The highest BCUT2D eigenvalue weighted by Crippen LogP contribution is 2.25. The molecule has 0 aliphatic heterocycles. The van der Waals surface area contributed by atoms with E-state index in [1.807, 2.05) is 45.0 Å². The van der Waals surface area contributed by atoms with Gasteiger partial charge in [-0.3, -0.25) is 18.7 Å². The van der Waals surface area contributed by atoms with Gasteiger partial charge in [-0.2, -0.15) is 0 Å². The van der Waals surface area contributed by atoms with Crippen molar-refractivity contribution in [2.75, 3.05) is 12.4 Å². The van der Waals surface area contributed by atoms with Crippen LogP contribution in [0.25, 0.3) is 10.2 Å². The normalized spacial score (nSPS) is 11.0. The zero-order valence-electron chi connectivity index (χ0n) is 19.0. The molecule has 0 aliphatic carbocycles. The van der Waals surface area contributed by atoms with E-state index in [4.69, 9.17) is 4.74 Å². The highest BCUT2D eigenvalue weighted by molar-refractivity contribution is 7.17. The van der Waals surface area contributed by atoms with E-state index < -0.39 is 5.69 Å². The molecule has 7 nitrogen and oxygen atoms in total. The summed E-state index contributed by atoms with van der Waals surface area (Å²) < 4.78 is 8.32. The van der Waals surface area contributed by atoms with Gasteiger partial charge in [-0.1, -0.05) is 24.3 Å². The largest absolute Gasteiger partial charge is 0.495 e. The van der Waals surface area contributed by atoms with Crippen LogP contribution in [0.5, 0.6) is 5.75 Å². The first kappa shape index (κ1) is 22.5. The minimum atomic E-state index is -0.518. The Hall–Kier alpha value is -3.65. The Bertz CT molecular complexity index is 1480. The van der Waals surface area contributed by atoms with E-state index in [9.17, 15) is 14.4 Å². The number of aromatic nitrogens is 2. The minimum Gasteiger partial charge on any atom is -0.495 e. The number of fused-ring (bicyclic) bond motifs is 1. The molecule has 170 valence electrons. The average molecular weight is 464 g/mol. The first-order chi connectivity index (χ1) is 15.8. The maximum absolute atomic E-state index is 13.3. The number of amides is 1. The summed E-state index contributed by atoms with van der Waals surface area (Å²) in [5.41, 5.74) is 4.16. The second kappa shape index (κ2) is 9.07. The second-order valence-corrected chi connectivity index (χ2v) is 8.98. The Morgan fingerprint density at radius 1 is 1.00 bits per heavy atom. The Balaban J connectivity index is 1.72. The highest BCUT2D eigenvalue weighted by atomic mass is 32.1. The standard InChI is InChI=1S/C25H25N3O4S/c1-15-5-8-21(32-4)19(11-15)26-22(29)14-27-20-9-10-33-23(20)24(30)28(25(27)31)13-18-7-6-16(2)17(3)12-18/h5-12H,13-14H2,1-4H3,(H,26,29). The van der Waals surface area contributed by atoms with E-state index in [1.54, 1.807) is 23.6 Å². The number of methoxy groups -OCH3 is 1. The van der Waals surface area contributed by atoms with Crippen LogP contribution in [0.3, 0.4) is 0 Å². The van der Waals surface area contributed by atoms with Crippen molar-refractivity contribution in [2.45, 2.75) is 33.9 Å². The van der Waals surface area contributed by atoms with Crippen molar-refractivity contribution < 1.29 is 9.53 Å². The predicted molar refractivity (Wildman–Crippen MR) is 132 cm³/mol. The maximum atomic E-state index is 13.3. The van der Waals surface area contributed by atoms with Crippen LogP contribution in [0.1, 0.15) is 22.3 Å². The van der Waals surface area contributed by atoms with Crippen LogP contribution < -0.4 is 21.3 Å². The fourth-order valence-corrected chi connectivity index (χ4v) is 4.61. The van der Waals surface area contributed by atoms with E-state index in [0.29, 0.717) is 21.7 Å². The van der Waals surface area contributed by atoms with Gasteiger partial charge in [-0.15, -0.1) is 11.3 Å². The van der Waals surface area contributed by atoms with Crippen molar-refractivity contribution in [3.63, 3.8) is 0 Å². The van der Waals surface area contributed by atoms with Gasteiger partial charge in [0.2, 0.25) is 5.91 Å². The Labute approximate surface area is 194 Å². The summed E-state index contributed by atoms with van der Waals surface area (Å²) in [7, 11) is 1.53. The molecule has 4 aromatic rings. The monoisotopic (exact) mass is 463 g/mol. The van der Waals surface area contributed by atoms with Crippen LogP contribution in [-0.2, 0) is 17.9 Å². The number of ether oxygens (including phenoxy) is 1. The molecule has 0 saturated carbocycles. The molecule has 1 N–H and O–H groups in total. The van der Waals surface area contributed by atoms with Gasteiger partial charge in [-0.05, 0) is 66.6 Å². The van der Waals surface area contributed by atoms with Gasteiger partial charge in [0, 0.05) is 0 Å². The molecule has 0 aliphatic rings. The van der Waals surface area contributed by atoms with Crippen LogP contribution in [-0.4, -0.2) is 22.2 Å². The Morgan fingerprint density at radius 2 is 1.79 bits per heavy atom. The van der Waals surface area contributed by atoms with Crippen LogP contribution in [0, 0.1) is 20.8 Å². The summed E-state index contributed by atoms with van der Waals surface area (Å²) >= 11 is 1.26. The molecular weight excluding hydrogens is 438 g/mol. The summed E-state index contributed by atoms with van der Waals surface area (Å²) in [4.78, 5) is 39.3. The Morgan fingerprint density at radius 3 is 2.52 bits per heavy atom. The van der Waals surface area contributed by atoms with Gasteiger partial charge >= 0.3 is 5.69 Å². The number of thiophene rings is 1. The van der Waals surface area contributed by atoms with Gasteiger partial charge in [0.05, 0.1) is 24.9 Å². The molecule has 4 rings (SSSR count). The van der Waals surface area contributed by atoms with E-state index in [-0.39, 0.29) is 24.6 Å². The molecule has 0 atom stereocenters. The fraction of sp³-hybridized carbons (Fsp3) is 0.240. The topological polar surface area (TPSA) is 82.3 Å². The number of hydrogen-bond acceptors (Lipinski definition) is 5. The number of nitrogens with zero attached hydrogens (tertiary/aromatic N) is 2. The lowest BCUT2D eigenvalue weighted by Crippen LogP contribution is -2.41. The molecule has 0 bridgehead atoms. The zero-order valence-corrected chi connectivity index (χ0v) is 19.8. The number of hydrogen-bond donors (Lipinski definition) is 1. The molecule has 0 fully saturated rings. The van der Waals surface area contributed by atoms with E-state index in [1.165, 1.54) is 27.6 Å². The lowest BCUT2D eigenvalue weighted by atomic mass is 10.1. The first-order valence-corrected chi connectivity index (χ1v) is 11.4. The third kappa shape index (κ3) is 4.47. The van der Waals surface area contributed by atoms with Crippen molar-refractivity contribution in [3.8, 4) is 5.75 Å². The molecule has 8 heteroatoms. The van der Waals surface area contributed by atoms with Crippen LogP contribution >= 0.6 is 11.3 Å². The lowest BCUT2D eigenvalue weighted by molar-refractivity contribution is -0.116. The number of carbonyl (C=O) groups excluding carboxylic acids is 1. The average Bonchev–Trinajstić information content (AvgIpc) is 3.27. The highest BCUT2D eigenvalue weighted by Gasteiger charge is 2.18. The minimum absolute atomic E-state index is 0.139. The van der Waals surface area contributed by atoms with Gasteiger partial charge in [0.15, 0.2) is 0 Å². The lowest BCUT2D eigenvalue weighted by Gasteiger charge is -2.14. The molecule has 0 saturated heterocycles. The van der Waals surface area contributed by atoms with Crippen LogP contribution in [0.4, 0.5) is 5.69 Å². The molecule has 2 aromatic carbocycles. The van der Waals surface area contributed by atoms with Crippen LogP contribution in [0.15, 0.2) is 57.4 Å². The molecular formula is C25H25N3O4S. The molecule has 1 amide bonds. The maximum Gasteiger partial charge on any atom is 0.332 e. The number of aryl methyl sites for hydroxylation is 3. The summed E-state index contributed by atoms with van der Waals surface area (Å²) in [6.07, 6.45) is 0. The zero-order chi connectivity index (χ0) is 23.7. The molecule has 0 radical (unpaired) electrons. The predicted octanol–water partition coefficient (Wildman–Crippen LogP) is 3.85. The van der Waals surface area contributed by atoms with E-state index in [2.05, 4.69) is 5.32 Å². The van der Waals surface area contributed by atoms with E-state index >= 15 is 0 Å². The number of nitrogens with one attached hydrogen (secondary N) is 1. The molecule has 33 heavy (non-hydrogen) atoms. The summed E-state index contributed by atoms with van der Waals surface area (Å²) in [6.45, 7) is 5.83. The number of carbonyl (C=O) groups is 1. The number of anilines is 1. The molecule has 2 aromatic heterocycles. The third-order valence-corrected chi connectivity index (χ3v) is 6.57. The smallest absolute Gasteiger partial charge is 0.332 e. The van der Waals surface area contributed by atoms with Crippen molar-refractivity contribution in [3.05, 3.63) is 90.9 Å². The molecule has 2 heterocycles. The van der Waals surface area contributed by atoms with Gasteiger partial charge in [-0.25, -0.2) is 4.79 Å². The van der Waals surface area contributed by atoms with E-state index in [0.717, 1.165) is 22.3 Å². The Kier molecular flexibility index (Phi) is 6.20. The van der Waals surface area contributed by atoms with Crippen molar-refractivity contribution >= 4 is 33.1 Å². The first-order valence-electron chi connectivity index (χ1n) is 10.5. The number of benzene rings is 2. The fourth-order valence-electron chi connectivity index (χ4n) is 3.76. The summed E-state index contributed by atoms with van der Waals surface area (Å²) in [5.74, 6) is 0.145. The third-order valence-electron chi connectivity index (χ3n) is 5.68. The summed E-state index contributed by atoms with van der Waals surface area (Å²) in [6, 6.07) is 13.0. The molecule has 0 spiro atoms. The van der Waals surface area contributed by atoms with Crippen molar-refractivity contribution in [1.82, 2.24) is 9.13 Å². The van der Waals surface area contributed by atoms with Gasteiger partial charge in [0.1, 0.15) is 17.0 Å². The summed E-state index contributed by atoms with van der Waals surface area (Å²) in [5, 5.41) is 4.58. The van der Waals surface area contributed by atoms with Crippen LogP contribution in [0.2, 0.25) is 0 Å². The second-order valence-electron chi connectivity index (χ2n) is 8.07. The van der Waals surface area contributed by atoms with Gasteiger partial charge < -0.3 is 10.1 Å². The van der Waals surface area contributed by atoms with Gasteiger partial charge in [0.25, 0.3) is 5.56 Å². The SMILES string of the molecule is COc1ccc(C)cc1NC(=O)Cn1c(=O)n(Cc2ccc(C)c(C)c2)c(=O)c2sccc21. The van der Waals surface area contributed by atoms with Crippen molar-refractivity contribution in [2.24, 2.45) is 0 Å². The molecule has 0 unspecified atom stereocenters. The quantitative estimate of drug-likeness (QED) is 0.471. The van der Waals surface area contributed by atoms with Crippen molar-refractivity contribution in [1.29, 1.82) is 0 Å². The number of rotatable bonds is 6.